The maximum atomic E-state index is 12.4. The van der Waals surface area contributed by atoms with E-state index in [9.17, 15) is 14.7 Å². The Bertz CT molecular complexity index is 775. The summed E-state index contributed by atoms with van der Waals surface area (Å²) in [7, 11) is 0. The van der Waals surface area contributed by atoms with Gasteiger partial charge in [0.1, 0.15) is 5.78 Å². The van der Waals surface area contributed by atoms with Crippen LogP contribution < -0.4 is 0 Å². The maximum absolute atomic E-state index is 12.4. The van der Waals surface area contributed by atoms with Crippen LogP contribution in [0.5, 0.6) is 0 Å². The minimum atomic E-state index is -0.115. The van der Waals surface area contributed by atoms with Crippen LogP contribution in [0, 0.1) is 40.4 Å². The predicted octanol–water partition coefficient (Wildman–Crippen LogP) is 6.54. The number of likely N-dealkylation sites (tertiary alicyclic amines) is 1. The molecule has 1 aliphatic heterocycles. The number of ketones is 1. The van der Waals surface area contributed by atoms with Crippen molar-refractivity contribution in [3.8, 4) is 0 Å². The van der Waals surface area contributed by atoms with Gasteiger partial charge in [-0.05, 0) is 98.2 Å². The second kappa shape index (κ2) is 10.5. The molecule has 8 atom stereocenters. The number of fused-ring (bicyclic) bond motifs is 5. The van der Waals surface area contributed by atoms with Crippen molar-refractivity contribution in [2.45, 2.75) is 129 Å². The van der Waals surface area contributed by atoms with E-state index >= 15 is 0 Å². The molecule has 35 heavy (non-hydrogen) atoms. The molecule has 1 heterocycles. The average molecular weight is 486 g/mol. The van der Waals surface area contributed by atoms with Gasteiger partial charge >= 0.3 is 0 Å². The second-order valence-electron chi connectivity index (χ2n) is 13.8. The predicted molar refractivity (Wildman–Crippen MR) is 140 cm³/mol. The third-order valence-corrected chi connectivity index (χ3v) is 12.0. The molecule has 3 unspecified atom stereocenters. The number of carbonyl (C=O) groups is 2. The quantitative estimate of drug-likeness (QED) is 0.397. The van der Waals surface area contributed by atoms with Crippen molar-refractivity contribution in [1.29, 1.82) is 0 Å². The molecule has 4 saturated carbocycles. The molecule has 1 saturated heterocycles. The van der Waals surface area contributed by atoms with E-state index in [0.717, 1.165) is 69.4 Å². The van der Waals surface area contributed by atoms with Gasteiger partial charge in [-0.1, -0.05) is 46.0 Å². The molecule has 0 aromatic heterocycles. The highest BCUT2D eigenvalue weighted by Crippen LogP contribution is 2.67. The fourth-order valence-corrected chi connectivity index (χ4v) is 9.83. The fourth-order valence-electron chi connectivity index (χ4n) is 9.83. The lowest BCUT2D eigenvalue weighted by molar-refractivity contribution is -0.156. The van der Waals surface area contributed by atoms with Gasteiger partial charge in [0.05, 0.1) is 6.10 Å². The Balaban J connectivity index is 1.16. The van der Waals surface area contributed by atoms with E-state index in [-0.39, 0.29) is 11.5 Å². The summed E-state index contributed by atoms with van der Waals surface area (Å²) in [5.41, 5.74) is 0.459. The van der Waals surface area contributed by atoms with Crippen LogP contribution in [0.15, 0.2) is 0 Å². The van der Waals surface area contributed by atoms with Crippen LogP contribution in [0.4, 0.5) is 0 Å². The van der Waals surface area contributed by atoms with Crippen molar-refractivity contribution in [3.63, 3.8) is 0 Å². The molecule has 0 radical (unpaired) electrons. The molecular weight excluding hydrogens is 434 g/mol. The number of rotatable bonds is 8. The van der Waals surface area contributed by atoms with Gasteiger partial charge in [0, 0.05) is 32.4 Å². The van der Waals surface area contributed by atoms with Crippen LogP contribution in [-0.2, 0) is 9.59 Å². The van der Waals surface area contributed by atoms with Crippen molar-refractivity contribution in [2.24, 2.45) is 40.4 Å². The number of carbonyl (C=O) groups excluding carboxylic acids is 2. The normalized spacial score (nSPS) is 43.1. The van der Waals surface area contributed by atoms with Gasteiger partial charge < -0.3 is 10.0 Å². The number of unbranched alkanes of at least 4 members (excludes halogenated alkanes) is 4. The SMILES string of the molecule is C[C@]12CCC(=O)CC1CC(CCCCCCCC(=O)N1CCCC1)[C@@H]1[C@H]2CC[C@]2(C)C(O)CC[C@@H]12. The van der Waals surface area contributed by atoms with Crippen molar-refractivity contribution >= 4 is 11.7 Å². The molecule has 0 aromatic carbocycles. The molecular formula is C31H51NO3. The Kier molecular flexibility index (Phi) is 7.69. The van der Waals surface area contributed by atoms with Gasteiger partial charge in [0.2, 0.25) is 5.91 Å². The average Bonchev–Trinajstić information content (AvgIpc) is 3.48. The molecule has 0 spiro atoms. The maximum Gasteiger partial charge on any atom is 0.222 e. The van der Waals surface area contributed by atoms with E-state index in [4.69, 9.17) is 0 Å². The Morgan fingerprint density at radius 3 is 2.46 bits per heavy atom. The monoisotopic (exact) mass is 485 g/mol. The van der Waals surface area contributed by atoms with Crippen LogP contribution in [-0.4, -0.2) is 40.9 Å². The van der Waals surface area contributed by atoms with Crippen LogP contribution in [0.2, 0.25) is 0 Å². The van der Waals surface area contributed by atoms with Crippen LogP contribution >= 0.6 is 0 Å². The number of aliphatic hydroxyl groups excluding tert-OH is 1. The smallest absolute Gasteiger partial charge is 0.222 e. The van der Waals surface area contributed by atoms with Gasteiger partial charge in [-0.25, -0.2) is 0 Å². The highest BCUT2D eigenvalue weighted by atomic mass is 16.3. The summed E-state index contributed by atoms with van der Waals surface area (Å²) in [6.07, 6.45) is 18.9. The standard InChI is InChI=1S/C31H51NO3/c1-30-16-14-24(33)21-23(30)20-22(29-25-12-13-27(34)31(25,2)17-15-26(29)30)10-6-4-3-5-7-11-28(35)32-18-8-9-19-32/h22-23,25-27,29,34H,3-21H2,1-2H3/t22?,23?,25-,26+,27?,29-,30-,31-/m0/s1. The first-order chi connectivity index (χ1) is 16.8. The van der Waals surface area contributed by atoms with E-state index in [1.807, 2.05) is 0 Å². The molecule has 5 rings (SSSR count). The van der Waals surface area contributed by atoms with Crippen molar-refractivity contribution in [3.05, 3.63) is 0 Å². The summed E-state index contributed by atoms with van der Waals surface area (Å²) in [5, 5.41) is 10.9. The molecule has 0 bridgehead atoms. The number of amides is 1. The largest absolute Gasteiger partial charge is 0.393 e. The number of aliphatic hydroxyl groups is 1. The number of hydrogen-bond acceptors (Lipinski definition) is 3. The Morgan fingerprint density at radius 2 is 1.66 bits per heavy atom. The minimum absolute atomic E-state index is 0.115. The summed E-state index contributed by atoms with van der Waals surface area (Å²) >= 11 is 0. The minimum Gasteiger partial charge on any atom is -0.393 e. The fraction of sp³-hybridized carbons (Fsp3) is 0.935. The number of Topliss-reactive ketones (excluding diaryl/α,β-unsaturated/α-hetero) is 1. The molecule has 5 aliphatic rings. The van der Waals surface area contributed by atoms with Gasteiger partial charge in [-0.3, -0.25) is 9.59 Å². The first kappa shape index (κ1) is 25.7. The highest BCUT2D eigenvalue weighted by molar-refractivity contribution is 5.79. The topological polar surface area (TPSA) is 57.6 Å². The van der Waals surface area contributed by atoms with Gasteiger partial charge in [-0.15, -0.1) is 0 Å². The van der Waals surface area contributed by atoms with Crippen molar-refractivity contribution < 1.29 is 14.7 Å². The van der Waals surface area contributed by atoms with Gasteiger partial charge in [-0.2, -0.15) is 0 Å². The molecule has 1 N–H and O–H groups in total. The zero-order chi connectivity index (χ0) is 24.6. The summed E-state index contributed by atoms with van der Waals surface area (Å²) < 4.78 is 0. The zero-order valence-electron chi connectivity index (χ0n) is 22.6. The number of hydrogen-bond donors (Lipinski definition) is 1. The van der Waals surface area contributed by atoms with Crippen LogP contribution in [0.1, 0.15) is 123 Å². The first-order valence-electron chi connectivity index (χ1n) is 15.3. The lowest BCUT2D eigenvalue weighted by Gasteiger charge is -2.62. The van der Waals surface area contributed by atoms with E-state index in [1.165, 1.54) is 70.6 Å². The first-order valence-corrected chi connectivity index (χ1v) is 15.3. The van der Waals surface area contributed by atoms with Gasteiger partial charge in [0.15, 0.2) is 0 Å². The molecule has 4 aliphatic carbocycles. The molecule has 198 valence electrons. The Morgan fingerprint density at radius 1 is 0.943 bits per heavy atom. The summed E-state index contributed by atoms with van der Waals surface area (Å²) in [5.74, 6) is 4.37. The Labute approximate surface area is 214 Å². The van der Waals surface area contributed by atoms with Crippen LogP contribution in [0.25, 0.3) is 0 Å². The van der Waals surface area contributed by atoms with E-state index in [2.05, 4.69) is 18.7 Å². The molecule has 5 fully saturated rings. The van der Waals surface area contributed by atoms with E-state index in [0.29, 0.717) is 28.9 Å². The second-order valence-corrected chi connectivity index (χ2v) is 13.8. The van der Waals surface area contributed by atoms with Crippen molar-refractivity contribution in [2.75, 3.05) is 13.1 Å². The highest BCUT2D eigenvalue weighted by Gasteiger charge is 2.62. The summed E-state index contributed by atoms with van der Waals surface area (Å²) in [6.45, 7) is 6.89. The lowest BCUT2D eigenvalue weighted by atomic mass is 9.42. The Hall–Kier alpha value is -0.900. The van der Waals surface area contributed by atoms with Crippen LogP contribution in [0.3, 0.4) is 0 Å². The third kappa shape index (κ3) is 4.87. The third-order valence-electron chi connectivity index (χ3n) is 12.0. The lowest BCUT2D eigenvalue weighted by Crippen LogP contribution is -2.57. The molecule has 4 heteroatoms. The molecule has 0 aromatic rings. The van der Waals surface area contributed by atoms with Crippen molar-refractivity contribution in [1.82, 2.24) is 4.90 Å². The summed E-state index contributed by atoms with van der Waals surface area (Å²) in [4.78, 5) is 26.8. The molecule has 1 amide bonds. The zero-order valence-corrected chi connectivity index (χ0v) is 22.6. The molecule has 4 nitrogen and oxygen atoms in total. The summed E-state index contributed by atoms with van der Waals surface area (Å²) in [6, 6.07) is 0. The van der Waals surface area contributed by atoms with E-state index in [1.54, 1.807) is 0 Å². The van der Waals surface area contributed by atoms with Gasteiger partial charge in [0.25, 0.3) is 0 Å². The van der Waals surface area contributed by atoms with E-state index < -0.39 is 0 Å². The number of nitrogens with zero attached hydrogens (tertiary/aromatic N) is 1.